The van der Waals surface area contributed by atoms with Crippen molar-refractivity contribution in [1.82, 2.24) is 0 Å². The summed E-state index contributed by atoms with van der Waals surface area (Å²) >= 11 is 0. The molecule has 0 aromatic rings. The zero-order valence-electron chi connectivity index (χ0n) is 21.3. The number of alkyl halides is 1. The third-order valence-electron chi connectivity index (χ3n) is 5.05. The third-order valence-corrected chi connectivity index (χ3v) is 6.00. The molecule has 9 nitrogen and oxygen atoms in total. The zero-order valence-corrected chi connectivity index (χ0v) is 22.2. The van der Waals surface area contributed by atoms with Crippen LogP contribution in [0.4, 0.5) is 4.39 Å². The van der Waals surface area contributed by atoms with E-state index in [1.165, 1.54) is 11.1 Å². The summed E-state index contributed by atoms with van der Waals surface area (Å²) in [5.74, 6) is -1.56. The average molecular weight is 521 g/mol. The summed E-state index contributed by atoms with van der Waals surface area (Å²) in [5.41, 5.74) is 3.56. The van der Waals surface area contributed by atoms with E-state index in [0.29, 0.717) is 0 Å². The van der Waals surface area contributed by atoms with E-state index in [4.69, 9.17) is 23.3 Å². The van der Waals surface area contributed by atoms with Gasteiger partial charge in [-0.15, -0.1) is 0 Å². The van der Waals surface area contributed by atoms with E-state index in [1.54, 1.807) is 6.08 Å². The first-order valence-corrected chi connectivity index (χ1v) is 13.0. The highest BCUT2D eigenvalue weighted by Gasteiger charge is 2.52. The fraction of sp³-hybridized carbons (Fsp3) is 0.667. The van der Waals surface area contributed by atoms with Crippen LogP contribution in [0.25, 0.3) is 0 Å². The molecule has 1 heterocycles. The molecule has 11 heteroatoms. The van der Waals surface area contributed by atoms with Gasteiger partial charge in [-0.2, -0.15) is 0 Å². The van der Waals surface area contributed by atoms with Gasteiger partial charge in [0.05, 0.1) is 6.61 Å². The quantitative estimate of drug-likeness (QED) is 0.190. The summed E-state index contributed by atoms with van der Waals surface area (Å²) in [6.07, 6.45) is 3.84. The smallest absolute Gasteiger partial charge is 0.455 e. The maximum absolute atomic E-state index is 13.4. The Hall–Kier alpha value is -1.84. The van der Waals surface area contributed by atoms with Gasteiger partial charge in [-0.3, -0.25) is 18.6 Å². The van der Waals surface area contributed by atoms with Crippen LogP contribution in [-0.4, -0.2) is 54.7 Å². The van der Waals surface area contributed by atoms with Crippen LogP contribution in [-0.2, 0) is 37.4 Å². The molecule has 0 amide bonds. The molecule has 200 valence electrons. The van der Waals surface area contributed by atoms with Crippen LogP contribution in [0.3, 0.4) is 0 Å². The fourth-order valence-electron chi connectivity index (χ4n) is 3.33. The Labute approximate surface area is 206 Å². The SMILES string of the molecule is CC(=O)O[C@H]1[C@H](OC(C)=O)C(OP(=O)(O)OC/C=C(\C)CC/C=C(\C)CCC=C(C)C)O[C@@H]1CF. The molecule has 0 radical (unpaired) electrons. The molecule has 0 aromatic carbocycles. The largest absolute Gasteiger partial charge is 0.474 e. The van der Waals surface area contributed by atoms with E-state index in [-0.39, 0.29) is 6.61 Å². The second kappa shape index (κ2) is 15.3. The normalized spacial score (nSPS) is 24.6. The molecule has 1 fully saturated rings. The summed E-state index contributed by atoms with van der Waals surface area (Å²) < 4.78 is 51.0. The average Bonchev–Trinajstić information content (AvgIpc) is 3.02. The van der Waals surface area contributed by atoms with Crippen LogP contribution < -0.4 is 0 Å². The third kappa shape index (κ3) is 12.6. The highest BCUT2D eigenvalue weighted by molar-refractivity contribution is 7.47. The number of esters is 2. The van der Waals surface area contributed by atoms with Gasteiger partial charge in [0.2, 0.25) is 6.29 Å². The van der Waals surface area contributed by atoms with Gasteiger partial charge in [-0.05, 0) is 53.4 Å². The van der Waals surface area contributed by atoms with Crippen molar-refractivity contribution in [2.75, 3.05) is 13.3 Å². The second-order valence-electron chi connectivity index (χ2n) is 8.67. The monoisotopic (exact) mass is 520 g/mol. The number of carbonyl (C=O) groups excluding carboxylic acids is 2. The van der Waals surface area contributed by atoms with Gasteiger partial charge >= 0.3 is 19.8 Å². The molecule has 0 aromatic heterocycles. The molecule has 0 saturated carbocycles. The first-order valence-electron chi connectivity index (χ1n) is 11.5. The minimum atomic E-state index is -4.68. The molecule has 1 saturated heterocycles. The molecule has 0 aliphatic carbocycles. The topological polar surface area (TPSA) is 118 Å². The Morgan fingerprint density at radius 1 is 0.914 bits per heavy atom. The Balaban J connectivity index is 2.64. The lowest BCUT2D eigenvalue weighted by molar-refractivity contribution is -0.172. The van der Waals surface area contributed by atoms with Crippen LogP contribution in [0.2, 0.25) is 0 Å². The number of phosphoric acid groups is 1. The maximum atomic E-state index is 13.4. The molecule has 1 N–H and O–H groups in total. The lowest BCUT2D eigenvalue weighted by atomic mass is 10.1. The van der Waals surface area contributed by atoms with E-state index in [0.717, 1.165) is 45.1 Å². The van der Waals surface area contributed by atoms with Crippen LogP contribution in [0.1, 0.15) is 67.2 Å². The number of phosphoric ester groups is 1. The molecular formula is C24H38FO9P. The van der Waals surface area contributed by atoms with Gasteiger partial charge < -0.3 is 19.1 Å². The number of halogens is 1. The fourth-order valence-corrected chi connectivity index (χ4v) is 4.08. The van der Waals surface area contributed by atoms with E-state index < -0.39 is 51.0 Å². The number of hydrogen-bond acceptors (Lipinski definition) is 8. The molecule has 1 aliphatic rings. The van der Waals surface area contributed by atoms with Crippen molar-refractivity contribution >= 4 is 19.8 Å². The summed E-state index contributed by atoms with van der Waals surface area (Å²) in [5, 5.41) is 0. The molecule has 0 spiro atoms. The van der Waals surface area contributed by atoms with Crippen molar-refractivity contribution in [3.8, 4) is 0 Å². The van der Waals surface area contributed by atoms with Gasteiger partial charge in [-0.1, -0.05) is 34.9 Å². The lowest BCUT2D eigenvalue weighted by Gasteiger charge is -2.23. The molecule has 1 rings (SSSR count). The molecule has 2 unspecified atom stereocenters. The predicted molar refractivity (Wildman–Crippen MR) is 128 cm³/mol. The highest BCUT2D eigenvalue weighted by Crippen LogP contribution is 2.47. The van der Waals surface area contributed by atoms with Crippen molar-refractivity contribution in [1.29, 1.82) is 0 Å². The Morgan fingerprint density at radius 3 is 2.00 bits per heavy atom. The number of hydrogen-bond donors (Lipinski definition) is 1. The molecule has 1 aliphatic heterocycles. The Kier molecular flexibility index (Phi) is 13.6. The first kappa shape index (κ1) is 31.2. The molecule has 35 heavy (non-hydrogen) atoms. The minimum Gasteiger partial charge on any atom is -0.455 e. The maximum Gasteiger partial charge on any atom is 0.474 e. The van der Waals surface area contributed by atoms with Crippen LogP contribution in [0, 0.1) is 0 Å². The standard InChI is InChI=1S/C24H38FO9P/c1-16(2)9-7-10-17(3)11-8-12-18(4)13-14-30-35(28,29)34-24-23(32-20(6)27)22(31-19(5)26)21(15-25)33-24/h9,11,13,21-24H,7-8,10,12,14-15H2,1-6H3,(H,28,29)/b17-11+,18-13+/t21-,22-,23+,24?/m1/s1. The van der Waals surface area contributed by atoms with Crippen molar-refractivity contribution in [2.45, 2.75) is 91.8 Å². The van der Waals surface area contributed by atoms with Gasteiger partial charge in [0, 0.05) is 13.8 Å². The Morgan fingerprint density at radius 2 is 1.46 bits per heavy atom. The van der Waals surface area contributed by atoms with Crippen molar-refractivity contribution in [3.63, 3.8) is 0 Å². The summed E-state index contributed by atoms with van der Waals surface area (Å²) in [6.45, 7) is 8.97. The number of ether oxygens (including phenoxy) is 3. The number of rotatable bonds is 14. The number of allylic oxidation sites excluding steroid dienone is 5. The molecular weight excluding hydrogens is 482 g/mol. The molecule has 5 atom stereocenters. The van der Waals surface area contributed by atoms with Gasteiger partial charge in [0.1, 0.15) is 12.8 Å². The minimum absolute atomic E-state index is 0.215. The van der Waals surface area contributed by atoms with E-state index in [1.807, 2.05) is 6.92 Å². The van der Waals surface area contributed by atoms with Crippen LogP contribution in [0.15, 0.2) is 34.9 Å². The van der Waals surface area contributed by atoms with E-state index in [9.17, 15) is 23.4 Å². The van der Waals surface area contributed by atoms with E-state index >= 15 is 0 Å². The second-order valence-corrected chi connectivity index (χ2v) is 10.1. The van der Waals surface area contributed by atoms with Gasteiger partial charge in [-0.25, -0.2) is 8.96 Å². The zero-order chi connectivity index (χ0) is 26.6. The van der Waals surface area contributed by atoms with E-state index in [2.05, 4.69) is 32.9 Å². The van der Waals surface area contributed by atoms with Crippen LogP contribution in [0.5, 0.6) is 0 Å². The Bertz CT molecular complexity index is 848. The summed E-state index contributed by atoms with van der Waals surface area (Å²) in [6, 6.07) is 0. The van der Waals surface area contributed by atoms with Gasteiger partial charge in [0.15, 0.2) is 12.2 Å². The molecule has 0 bridgehead atoms. The highest BCUT2D eigenvalue weighted by atomic mass is 31.2. The lowest BCUT2D eigenvalue weighted by Crippen LogP contribution is -2.40. The predicted octanol–water partition coefficient (Wildman–Crippen LogP) is 5.10. The van der Waals surface area contributed by atoms with Crippen molar-refractivity contribution < 1.29 is 46.7 Å². The summed E-state index contributed by atoms with van der Waals surface area (Å²) in [7, 11) is -4.68. The number of carbonyl (C=O) groups is 2. The summed E-state index contributed by atoms with van der Waals surface area (Å²) in [4.78, 5) is 32.9. The van der Waals surface area contributed by atoms with Crippen molar-refractivity contribution in [2.24, 2.45) is 0 Å². The first-order chi connectivity index (χ1) is 16.3. The van der Waals surface area contributed by atoms with Crippen molar-refractivity contribution in [3.05, 3.63) is 34.9 Å². The van der Waals surface area contributed by atoms with Crippen LogP contribution >= 0.6 is 7.82 Å². The van der Waals surface area contributed by atoms with Gasteiger partial charge in [0.25, 0.3) is 0 Å².